The van der Waals surface area contributed by atoms with Gasteiger partial charge >= 0.3 is 6.03 Å². The Hall–Kier alpha value is -3.79. The Balaban J connectivity index is 1.65. The van der Waals surface area contributed by atoms with Crippen molar-refractivity contribution in [2.75, 3.05) is 5.32 Å². The number of urea groups is 1. The maximum Gasteiger partial charge on any atom is 0.322 e. The summed E-state index contributed by atoms with van der Waals surface area (Å²) in [5.74, 6) is 0. The molecule has 160 valence electrons. The van der Waals surface area contributed by atoms with Crippen molar-refractivity contribution >= 4 is 11.7 Å². The van der Waals surface area contributed by atoms with Crippen LogP contribution in [0.2, 0.25) is 0 Å². The molecule has 0 spiro atoms. The first-order chi connectivity index (χ1) is 15.5. The van der Waals surface area contributed by atoms with Gasteiger partial charge in [-0.05, 0) is 67.3 Å². The fourth-order valence-corrected chi connectivity index (χ4v) is 4.60. The van der Waals surface area contributed by atoms with Crippen molar-refractivity contribution < 1.29 is 4.79 Å². The van der Waals surface area contributed by atoms with E-state index in [4.69, 9.17) is 0 Å². The Bertz CT molecular complexity index is 1300. The van der Waals surface area contributed by atoms with Crippen LogP contribution in [0.25, 0.3) is 5.69 Å². The Labute approximate surface area is 189 Å². The zero-order chi connectivity index (χ0) is 22.2. The first-order valence-corrected chi connectivity index (χ1v) is 11.0. The van der Waals surface area contributed by atoms with E-state index in [-0.39, 0.29) is 12.1 Å². The molecule has 2 heterocycles. The van der Waals surface area contributed by atoms with E-state index in [1.165, 1.54) is 5.56 Å². The summed E-state index contributed by atoms with van der Waals surface area (Å²) in [6.07, 6.45) is 2.09. The lowest BCUT2D eigenvalue weighted by atomic mass is 10.00. The van der Waals surface area contributed by atoms with Crippen molar-refractivity contribution in [1.82, 2.24) is 9.47 Å². The summed E-state index contributed by atoms with van der Waals surface area (Å²) in [6, 6.07) is 26.7. The van der Waals surface area contributed by atoms with Crippen molar-refractivity contribution in [1.29, 1.82) is 0 Å². The quantitative estimate of drug-likeness (QED) is 0.392. The number of rotatable bonds is 2. The van der Waals surface area contributed by atoms with Gasteiger partial charge in [0.05, 0.1) is 18.3 Å². The number of benzene rings is 3. The lowest BCUT2D eigenvalue weighted by Crippen LogP contribution is -2.38. The number of hydrogen-bond acceptors (Lipinski definition) is 1. The topological polar surface area (TPSA) is 37.3 Å². The predicted molar refractivity (Wildman–Crippen MR) is 129 cm³/mol. The molecule has 0 bridgehead atoms. The number of nitrogens with one attached hydrogen (secondary N) is 1. The van der Waals surface area contributed by atoms with Gasteiger partial charge in [0.25, 0.3) is 0 Å². The number of para-hydroxylation sites is 1. The van der Waals surface area contributed by atoms with Gasteiger partial charge in [0.2, 0.25) is 0 Å². The van der Waals surface area contributed by atoms with E-state index in [0.29, 0.717) is 6.54 Å². The second-order valence-electron chi connectivity index (χ2n) is 8.55. The average Bonchev–Trinajstić information content (AvgIpc) is 3.21. The highest BCUT2D eigenvalue weighted by atomic mass is 16.2. The number of fused-ring (bicyclic) bond motifs is 3. The molecule has 2 amide bonds. The van der Waals surface area contributed by atoms with E-state index in [9.17, 15) is 4.79 Å². The highest BCUT2D eigenvalue weighted by Crippen LogP contribution is 2.37. The first-order valence-electron chi connectivity index (χ1n) is 11.0. The number of nitrogens with zero attached hydrogens (tertiary/aromatic N) is 2. The van der Waals surface area contributed by atoms with Crippen LogP contribution >= 0.6 is 0 Å². The van der Waals surface area contributed by atoms with E-state index in [1.54, 1.807) is 0 Å². The number of carbonyl (C=O) groups excluding carboxylic acids is 1. The Morgan fingerprint density at radius 1 is 0.906 bits per heavy atom. The molecule has 32 heavy (non-hydrogen) atoms. The molecule has 0 fully saturated rings. The highest BCUT2D eigenvalue weighted by molar-refractivity contribution is 5.91. The molecule has 3 aromatic carbocycles. The zero-order valence-corrected chi connectivity index (χ0v) is 18.7. The van der Waals surface area contributed by atoms with Crippen molar-refractivity contribution in [3.8, 4) is 5.69 Å². The van der Waals surface area contributed by atoms with Gasteiger partial charge < -0.3 is 14.8 Å². The Morgan fingerprint density at radius 2 is 1.72 bits per heavy atom. The molecule has 1 aliphatic rings. The van der Waals surface area contributed by atoms with Crippen LogP contribution in [0.3, 0.4) is 0 Å². The summed E-state index contributed by atoms with van der Waals surface area (Å²) in [4.78, 5) is 15.8. The third kappa shape index (κ3) is 3.48. The maximum atomic E-state index is 13.8. The molecule has 4 nitrogen and oxygen atoms in total. The lowest BCUT2D eigenvalue weighted by Gasteiger charge is -2.31. The van der Waals surface area contributed by atoms with E-state index in [0.717, 1.165) is 39.3 Å². The van der Waals surface area contributed by atoms with Crippen LogP contribution < -0.4 is 5.32 Å². The second kappa shape index (κ2) is 8.04. The number of amides is 2. The van der Waals surface area contributed by atoms with Gasteiger partial charge in [0.1, 0.15) is 0 Å². The Morgan fingerprint density at radius 3 is 2.56 bits per heavy atom. The minimum absolute atomic E-state index is 0.102. The monoisotopic (exact) mass is 421 g/mol. The molecule has 0 saturated heterocycles. The molecule has 1 unspecified atom stereocenters. The predicted octanol–water partition coefficient (Wildman–Crippen LogP) is 6.54. The molecule has 0 radical (unpaired) electrons. The van der Waals surface area contributed by atoms with E-state index < -0.39 is 0 Å². The standard InChI is InChI=1S/C28H27N3O/c1-19-9-6-12-22(17-19)27-26-15-8-16-30(26)25-14-5-4-11-23(25)18-31(27)28(32)29-24-13-7-10-20(2)21(24)3/h4-17,27H,18H2,1-3H3,(H,29,32). The van der Waals surface area contributed by atoms with Gasteiger partial charge in [-0.1, -0.05) is 60.2 Å². The smallest absolute Gasteiger partial charge is 0.318 e. The van der Waals surface area contributed by atoms with E-state index in [1.807, 2.05) is 30.0 Å². The summed E-state index contributed by atoms with van der Waals surface area (Å²) in [6.45, 7) is 6.73. The van der Waals surface area contributed by atoms with Crippen LogP contribution in [0.5, 0.6) is 0 Å². The Kier molecular flexibility index (Phi) is 5.06. The average molecular weight is 422 g/mol. The van der Waals surface area contributed by atoms with Gasteiger partial charge in [-0.3, -0.25) is 0 Å². The van der Waals surface area contributed by atoms with Gasteiger partial charge in [0, 0.05) is 17.6 Å². The van der Waals surface area contributed by atoms with Gasteiger partial charge in [-0.25, -0.2) is 4.79 Å². The molecule has 1 aromatic heterocycles. The molecular formula is C28H27N3O. The van der Waals surface area contributed by atoms with Gasteiger partial charge in [0.15, 0.2) is 0 Å². The maximum absolute atomic E-state index is 13.8. The lowest BCUT2D eigenvalue weighted by molar-refractivity contribution is 0.194. The molecule has 4 aromatic rings. The molecule has 4 heteroatoms. The van der Waals surface area contributed by atoms with Crippen LogP contribution in [0, 0.1) is 20.8 Å². The fourth-order valence-electron chi connectivity index (χ4n) is 4.60. The SMILES string of the molecule is Cc1cccc(C2c3cccn3-c3ccccc3CN2C(=O)Nc2cccc(C)c2C)c1. The number of aryl methyl sites for hydroxylation is 2. The third-order valence-corrected chi connectivity index (χ3v) is 6.43. The van der Waals surface area contributed by atoms with E-state index in [2.05, 4.69) is 90.6 Å². The van der Waals surface area contributed by atoms with Crippen molar-refractivity contribution in [2.45, 2.75) is 33.4 Å². The van der Waals surface area contributed by atoms with Crippen LogP contribution in [-0.4, -0.2) is 15.5 Å². The molecule has 5 rings (SSSR count). The van der Waals surface area contributed by atoms with Gasteiger partial charge in [-0.2, -0.15) is 0 Å². The zero-order valence-electron chi connectivity index (χ0n) is 18.7. The van der Waals surface area contributed by atoms with Crippen LogP contribution in [0.4, 0.5) is 10.5 Å². The summed E-state index contributed by atoms with van der Waals surface area (Å²) in [7, 11) is 0. The van der Waals surface area contributed by atoms with Crippen molar-refractivity contribution in [2.24, 2.45) is 0 Å². The number of aromatic nitrogens is 1. The minimum atomic E-state index is -0.206. The van der Waals surface area contributed by atoms with Gasteiger partial charge in [-0.15, -0.1) is 0 Å². The van der Waals surface area contributed by atoms with Crippen LogP contribution in [0.1, 0.15) is 39.6 Å². The molecule has 0 aliphatic carbocycles. The normalized spacial score (nSPS) is 15.0. The molecule has 1 aliphatic heterocycles. The van der Waals surface area contributed by atoms with E-state index >= 15 is 0 Å². The third-order valence-electron chi connectivity index (χ3n) is 6.43. The first kappa shape index (κ1) is 20.1. The molecule has 0 saturated carbocycles. The summed E-state index contributed by atoms with van der Waals surface area (Å²) in [5, 5.41) is 3.19. The summed E-state index contributed by atoms with van der Waals surface area (Å²) in [5.41, 5.74) is 8.71. The fraction of sp³-hybridized carbons (Fsp3) is 0.179. The van der Waals surface area contributed by atoms with Crippen LogP contribution in [0.15, 0.2) is 85.1 Å². The number of anilines is 1. The molecular weight excluding hydrogens is 394 g/mol. The molecule has 1 N–H and O–H groups in total. The van der Waals surface area contributed by atoms with Crippen molar-refractivity contribution in [3.63, 3.8) is 0 Å². The largest absolute Gasteiger partial charge is 0.322 e. The number of hydrogen-bond donors (Lipinski definition) is 1. The second-order valence-corrected chi connectivity index (χ2v) is 8.55. The van der Waals surface area contributed by atoms with Crippen molar-refractivity contribution in [3.05, 3.63) is 119 Å². The highest BCUT2D eigenvalue weighted by Gasteiger charge is 2.33. The molecule has 1 atom stereocenters. The summed E-state index contributed by atoms with van der Waals surface area (Å²) < 4.78 is 2.22. The number of carbonyl (C=O) groups is 1. The minimum Gasteiger partial charge on any atom is -0.318 e. The van der Waals surface area contributed by atoms with Crippen LogP contribution in [-0.2, 0) is 6.54 Å². The summed E-state index contributed by atoms with van der Waals surface area (Å²) >= 11 is 0.